The van der Waals surface area contributed by atoms with Crippen LogP contribution in [0.15, 0.2) is 49.3 Å². The number of ether oxygens (including phenoxy) is 1. The van der Waals surface area contributed by atoms with Gasteiger partial charge in [0.25, 0.3) is 5.69 Å². The number of phenolic OH excluding ortho intramolecular Hbond substituents is 1. The van der Waals surface area contributed by atoms with Gasteiger partial charge in [0.05, 0.1) is 33.7 Å². The summed E-state index contributed by atoms with van der Waals surface area (Å²) in [6.45, 7) is 0.917. The van der Waals surface area contributed by atoms with Crippen molar-refractivity contribution < 1.29 is 23.2 Å². The van der Waals surface area contributed by atoms with E-state index >= 15 is 0 Å². The SMILES string of the molecule is O=[N+]([O-])c1cc(S(=O)(=O)N2CCOCC2)ccc1N/N=C/c1cc(Br)cc(Br)c1O. The molecule has 30 heavy (non-hydrogen) atoms. The molecule has 13 heteroatoms. The zero-order valence-electron chi connectivity index (χ0n) is 15.3. The van der Waals surface area contributed by atoms with Crippen molar-refractivity contribution in [3.05, 3.63) is 55.0 Å². The lowest BCUT2D eigenvalue weighted by Gasteiger charge is -2.26. The number of sulfonamides is 1. The number of nitro groups is 1. The van der Waals surface area contributed by atoms with Crippen molar-refractivity contribution in [1.29, 1.82) is 0 Å². The highest BCUT2D eigenvalue weighted by atomic mass is 79.9. The molecule has 1 saturated heterocycles. The number of nitro benzene ring substituents is 1. The summed E-state index contributed by atoms with van der Waals surface area (Å²) in [5.41, 5.74) is 2.45. The van der Waals surface area contributed by atoms with Crippen molar-refractivity contribution in [3.63, 3.8) is 0 Å². The van der Waals surface area contributed by atoms with Crippen molar-refractivity contribution >= 4 is 59.5 Å². The fourth-order valence-electron chi connectivity index (χ4n) is 2.71. The Bertz CT molecular complexity index is 1100. The Kier molecular flexibility index (Phi) is 7.08. The Morgan fingerprint density at radius 1 is 1.23 bits per heavy atom. The molecule has 2 aromatic rings. The second-order valence-corrected chi connectivity index (χ2v) is 9.86. The van der Waals surface area contributed by atoms with E-state index in [1.807, 2.05) is 0 Å². The molecule has 0 bridgehead atoms. The van der Waals surface area contributed by atoms with Gasteiger partial charge >= 0.3 is 0 Å². The van der Waals surface area contributed by atoms with Gasteiger partial charge < -0.3 is 9.84 Å². The van der Waals surface area contributed by atoms with Crippen molar-refractivity contribution in [2.45, 2.75) is 4.90 Å². The molecule has 0 aromatic heterocycles. The molecule has 160 valence electrons. The number of hydrazone groups is 1. The minimum Gasteiger partial charge on any atom is -0.506 e. The predicted octanol–water partition coefficient (Wildman–Crippen LogP) is 3.29. The Morgan fingerprint density at radius 2 is 1.93 bits per heavy atom. The Labute approximate surface area is 189 Å². The summed E-state index contributed by atoms with van der Waals surface area (Å²) in [6.07, 6.45) is 1.28. The summed E-state index contributed by atoms with van der Waals surface area (Å²) < 4.78 is 33.0. The quantitative estimate of drug-likeness (QED) is 0.313. The Balaban J connectivity index is 1.87. The third-order valence-corrected chi connectivity index (χ3v) is 7.18. The lowest BCUT2D eigenvalue weighted by Crippen LogP contribution is -2.40. The van der Waals surface area contributed by atoms with Crippen LogP contribution in [0.25, 0.3) is 0 Å². The van der Waals surface area contributed by atoms with Crippen LogP contribution >= 0.6 is 31.9 Å². The number of rotatable bonds is 6. The molecule has 0 aliphatic carbocycles. The van der Waals surface area contributed by atoms with Crippen molar-refractivity contribution in [2.24, 2.45) is 5.10 Å². The highest BCUT2D eigenvalue weighted by Crippen LogP contribution is 2.31. The third kappa shape index (κ3) is 4.98. The smallest absolute Gasteiger partial charge is 0.295 e. The maximum Gasteiger partial charge on any atom is 0.295 e. The average Bonchev–Trinajstić information content (AvgIpc) is 2.72. The van der Waals surface area contributed by atoms with E-state index in [4.69, 9.17) is 4.74 Å². The van der Waals surface area contributed by atoms with Gasteiger partial charge in [-0.2, -0.15) is 9.41 Å². The minimum atomic E-state index is -3.87. The van der Waals surface area contributed by atoms with Crippen LogP contribution < -0.4 is 5.43 Å². The molecule has 0 atom stereocenters. The lowest BCUT2D eigenvalue weighted by atomic mass is 10.2. The molecule has 1 heterocycles. The Morgan fingerprint density at radius 3 is 2.60 bits per heavy atom. The summed E-state index contributed by atoms with van der Waals surface area (Å²) in [5, 5.41) is 25.4. The molecule has 0 saturated carbocycles. The third-order valence-electron chi connectivity index (χ3n) is 4.22. The number of hydrogen-bond acceptors (Lipinski definition) is 8. The first kappa shape index (κ1) is 22.6. The van der Waals surface area contributed by atoms with E-state index in [0.717, 1.165) is 6.07 Å². The van der Waals surface area contributed by atoms with Crippen LogP contribution in [-0.2, 0) is 14.8 Å². The van der Waals surface area contributed by atoms with Gasteiger partial charge in [0, 0.05) is 29.2 Å². The second kappa shape index (κ2) is 9.39. The maximum atomic E-state index is 12.7. The van der Waals surface area contributed by atoms with Gasteiger partial charge in [-0.05, 0) is 40.2 Å². The summed E-state index contributed by atoms with van der Waals surface area (Å²) in [5.74, 6) is -0.0507. The van der Waals surface area contributed by atoms with Gasteiger partial charge in [-0.15, -0.1) is 0 Å². The van der Waals surface area contributed by atoms with Crippen LogP contribution in [0.3, 0.4) is 0 Å². The first-order valence-corrected chi connectivity index (χ1v) is 11.6. The molecule has 0 radical (unpaired) electrons. The zero-order valence-corrected chi connectivity index (χ0v) is 19.3. The van der Waals surface area contributed by atoms with Crippen molar-refractivity contribution in [3.8, 4) is 5.75 Å². The highest BCUT2D eigenvalue weighted by molar-refractivity contribution is 9.11. The molecule has 2 aromatic carbocycles. The summed E-state index contributed by atoms with van der Waals surface area (Å²) >= 11 is 6.50. The molecule has 1 aliphatic rings. The number of halogens is 2. The monoisotopic (exact) mass is 562 g/mol. The predicted molar refractivity (Wildman–Crippen MR) is 117 cm³/mol. The average molecular weight is 564 g/mol. The van der Waals surface area contributed by atoms with Crippen molar-refractivity contribution in [1.82, 2.24) is 4.31 Å². The minimum absolute atomic E-state index is 0.00531. The van der Waals surface area contributed by atoms with E-state index in [1.54, 1.807) is 12.1 Å². The zero-order chi connectivity index (χ0) is 21.9. The molecule has 0 amide bonds. The standard InChI is InChI=1S/C17H16Br2N4O6S/c18-12-7-11(17(24)14(19)8-12)10-20-21-15-2-1-13(9-16(15)23(25)26)30(27,28)22-3-5-29-6-4-22/h1-2,7-10,21,24H,3-6H2/b20-10+. The molecule has 0 spiro atoms. The number of morpholine rings is 1. The van der Waals surface area contributed by atoms with Gasteiger partial charge in [0.15, 0.2) is 0 Å². The molecular formula is C17H16Br2N4O6S. The molecule has 2 N–H and O–H groups in total. The van der Waals surface area contributed by atoms with Crippen LogP contribution in [0.1, 0.15) is 5.56 Å². The number of nitrogens with one attached hydrogen (secondary N) is 1. The van der Waals surface area contributed by atoms with E-state index in [1.165, 1.54) is 22.7 Å². The normalized spacial score (nSPS) is 15.4. The molecule has 3 rings (SSSR count). The number of aromatic hydroxyl groups is 1. The number of anilines is 1. The number of nitrogens with zero attached hydrogens (tertiary/aromatic N) is 3. The largest absolute Gasteiger partial charge is 0.506 e. The molecule has 10 nitrogen and oxygen atoms in total. The highest BCUT2D eigenvalue weighted by Gasteiger charge is 2.28. The van der Waals surface area contributed by atoms with Crippen LogP contribution in [0.4, 0.5) is 11.4 Å². The molecule has 1 fully saturated rings. The summed E-state index contributed by atoms with van der Waals surface area (Å²) in [4.78, 5) is 10.6. The fraction of sp³-hybridized carbons (Fsp3) is 0.235. The second-order valence-electron chi connectivity index (χ2n) is 6.15. The van der Waals surface area contributed by atoms with Gasteiger partial charge in [-0.1, -0.05) is 15.9 Å². The van der Waals surface area contributed by atoms with E-state index in [9.17, 15) is 23.6 Å². The van der Waals surface area contributed by atoms with Gasteiger partial charge in [0.1, 0.15) is 11.4 Å². The fourth-order valence-corrected chi connectivity index (χ4v) is 5.40. The van der Waals surface area contributed by atoms with Gasteiger partial charge in [0.2, 0.25) is 10.0 Å². The summed E-state index contributed by atoms with van der Waals surface area (Å²) in [6, 6.07) is 6.81. The maximum absolute atomic E-state index is 12.7. The van der Waals surface area contributed by atoms with Crippen LogP contribution in [0.5, 0.6) is 5.75 Å². The van der Waals surface area contributed by atoms with Crippen LogP contribution in [0, 0.1) is 10.1 Å². The van der Waals surface area contributed by atoms with E-state index < -0.39 is 20.6 Å². The molecule has 1 aliphatic heterocycles. The van der Waals surface area contributed by atoms with Gasteiger partial charge in [-0.3, -0.25) is 15.5 Å². The van der Waals surface area contributed by atoms with E-state index in [-0.39, 0.29) is 42.6 Å². The van der Waals surface area contributed by atoms with E-state index in [0.29, 0.717) is 14.5 Å². The first-order chi connectivity index (χ1) is 14.2. The number of hydrogen-bond donors (Lipinski definition) is 2. The lowest BCUT2D eigenvalue weighted by molar-refractivity contribution is -0.384. The number of phenols is 1. The molecule has 0 unspecified atom stereocenters. The van der Waals surface area contributed by atoms with Crippen molar-refractivity contribution in [2.75, 3.05) is 31.7 Å². The number of benzene rings is 2. The summed E-state index contributed by atoms with van der Waals surface area (Å²) in [7, 11) is -3.87. The Hall–Kier alpha value is -2.06. The topological polar surface area (TPSA) is 134 Å². The molecular weight excluding hydrogens is 548 g/mol. The van der Waals surface area contributed by atoms with Crippen LogP contribution in [-0.4, -0.2) is 55.3 Å². The van der Waals surface area contributed by atoms with Gasteiger partial charge in [-0.25, -0.2) is 8.42 Å². The van der Waals surface area contributed by atoms with Crippen LogP contribution in [0.2, 0.25) is 0 Å². The first-order valence-electron chi connectivity index (χ1n) is 8.53. The van der Waals surface area contributed by atoms with E-state index in [2.05, 4.69) is 42.4 Å².